The summed E-state index contributed by atoms with van der Waals surface area (Å²) < 4.78 is 3.87. The van der Waals surface area contributed by atoms with Crippen molar-refractivity contribution >= 4 is 17.3 Å². The van der Waals surface area contributed by atoms with Gasteiger partial charge in [0.15, 0.2) is 5.78 Å². The first-order valence-corrected chi connectivity index (χ1v) is 6.79. The zero-order chi connectivity index (χ0) is 13.1. The maximum Gasteiger partial charge on any atom is 0.180 e. The van der Waals surface area contributed by atoms with E-state index in [0.29, 0.717) is 11.3 Å². The van der Waals surface area contributed by atoms with Gasteiger partial charge in [-0.05, 0) is 42.9 Å². The number of ketones is 1. The fourth-order valence-electron chi connectivity index (χ4n) is 1.90. The van der Waals surface area contributed by atoms with Gasteiger partial charge in [-0.3, -0.25) is 4.79 Å². The summed E-state index contributed by atoms with van der Waals surface area (Å²) in [5.74, 6) is 0.121. The number of hydrogen-bond acceptors (Lipinski definition) is 4. The van der Waals surface area contributed by atoms with E-state index in [2.05, 4.69) is 27.8 Å². The van der Waals surface area contributed by atoms with E-state index in [1.54, 1.807) is 0 Å². The van der Waals surface area contributed by atoms with Crippen LogP contribution in [-0.4, -0.2) is 15.4 Å². The van der Waals surface area contributed by atoms with Gasteiger partial charge in [0.2, 0.25) is 0 Å². The molecule has 0 saturated heterocycles. The zero-order valence-corrected chi connectivity index (χ0v) is 11.7. The summed E-state index contributed by atoms with van der Waals surface area (Å²) in [4.78, 5) is 13.0. The van der Waals surface area contributed by atoms with E-state index in [4.69, 9.17) is 0 Å². The molecule has 0 radical (unpaired) electrons. The molecule has 3 nitrogen and oxygen atoms in total. The lowest BCUT2D eigenvalue weighted by molar-refractivity contribution is 0.0995. The highest BCUT2D eigenvalue weighted by Crippen LogP contribution is 2.17. The maximum absolute atomic E-state index is 12.2. The van der Waals surface area contributed by atoms with Crippen LogP contribution in [-0.2, 0) is 12.8 Å². The second-order valence-corrected chi connectivity index (χ2v) is 5.19. The number of Topliss-reactive ketones (excluding diaryl/α,β-unsaturated/α-hetero) is 1. The predicted molar refractivity (Wildman–Crippen MR) is 73.2 cm³/mol. The predicted octanol–water partition coefficient (Wildman–Crippen LogP) is 3.14. The largest absolute Gasteiger partial charge is 0.293 e. The Morgan fingerprint density at radius 3 is 2.83 bits per heavy atom. The Hall–Kier alpha value is -1.55. The number of aromatic nitrogens is 2. The van der Waals surface area contributed by atoms with Crippen molar-refractivity contribution in [3.63, 3.8) is 0 Å². The minimum Gasteiger partial charge on any atom is -0.293 e. The first-order valence-electron chi connectivity index (χ1n) is 6.02. The molecule has 0 fully saturated rings. The van der Waals surface area contributed by atoms with Gasteiger partial charge in [-0.1, -0.05) is 35.2 Å². The van der Waals surface area contributed by atoms with Gasteiger partial charge in [-0.15, -0.1) is 5.10 Å². The monoisotopic (exact) mass is 260 g/mol. The molecule has 0 unspecified atom stereocenters. The Balaban J connectivity index is 2.24. The summed E-state index contributed by atoms with van der Waals surface area (Å²) in [7, 11) is 0. The van der Waals surface area contributed by atoms with Crippen LogP contribution in [0.5, 0.6) is 0 Å². The molecule has 0 aliphatic heterocycles. The van der Waals surface area contributed by atoms with Gasteiger partial charge in [0.25, 0.3) is 0 Å². The average Bonchev–Trinajstić information content (AvgIpc) is 2.82. The van der Waals surface area contributed by atoms with E-state index in [1.807, 2.05) is 20.8 Å². The first-order chi connectivity index (χ1) is 8.61. The van der Waals surface area contributed by atoms with Gasteiger partial charge in [-0.25, -0.2) is 0 Å². The number of benzene rings is 1. The Bertz CT molecular complexity index is 575. The summed E-state index contributed by atoms with van der Waals surface area (Å²) in [6.45, 7) is 6.07. The van der Waals surface area contributed by atoms with Gasteiger partial charge in [-0.2, -0.15) is 0 Å². The average molecular weight is 260 g/mol. The standard InChI is InChI=1S/C14H16N2OS/c1-4-12-14(18-16-15-12)13(17)8-11-7-9(2)5-6-10(11)3/h5-7H,4,8H2,1-3H3. The number of nitrogens with zero attached hydrogens (tertiary/aromatic N) is 2. The van der Waals surface area contributed by atoms with Crippen LogP contribution in [0.25, 0.3) is 0 Å². The van der Waals surface area contributed by atoms with E-state index in [9.17, 15) is 4.79 Å². The van der Waals surface area contributed by atoms with Gasteiger partial charge in [0, 0.05) is 6.42 Å². The lowest BCUT2D eigenvalue weighted by Crippen LogP contribution is -2.06. The van der Waals surface area contributed by atoms with Gasteiger partial charge >= 0.3 is 0 Å². The highest BCUT2D eigenvalue weighted by atomic mass is 32.1. The molecule has 4 heteroatoms. The van der Waals surface area contributed by atoms with Crippen molar-refractivity contribution in [2.45, 2.75) is 33.6 Å². The third-order valence-electron chi connectivity index (χ3n) is 3.00. The summed E-state index contributed by atoms with van der Waals surface area (Å²) in [5.41, 5.74) is 4.25. The van der Waals surface area contributed by atoms with Crippen molar-refractivity contribution in [1.82, 2.24) is 9.59 Å². The van der Waals surface area contributed by atoms with Crippen LogP contribution in [0, 0.1) is 13.8 Å². The SMILES string of the molecule is CCc1nnsc1C(=O)Cc1cc(C)ccc1C. The van der Waals surface area contributed by atoms with E-state index in [1.165, 1.54) is 17.1 Å². The van der Waals surface area contributed by atoms with Crippen LogP contribution >= 0.6 is 11.5 Å². The van der Waals surface area contributed by atoms with Gasteiger partial charge < -0.3 is 0 Å². The molecule has 0 N–H and O–H groups in total. The molecule has 2 aromatic rings. The van der Waals surface area contributed by atoms with Crippen molar-refractivity contribution in [2.24, 2.45) is 0 Å². The minimum absolute atomic E-state index is 0.121. The van der Waals surface area contributed by atoms with Crippen molar-refractivity contribution in [2.75, 3.05) is 0 Å². The molecule has 0 amide bonds. The van der Waals surface area contributed by atoms with Crippen LogP contribution in [0.3, 0.4) is 0 Å². The van der Waals surface area contributed by atoms with Crippen molar-refractivity contribution in [3.05, 3.63) is 45.5 Å². The van der Waals surface area contributed by atoms with E-state index < -0.39 is 0 Å². The van der Waals surface area contributed by atoms with Gasteiger partial charge in [0.1, 0.15) is 4.88 Å². The molecule has 0 saturated carbocycles. The van der Waals surface area contributed by atoms with Crippen LogP contribution < -0.4 is 0 Å². The molecule has 1 aromatic heterocycles. The Kier molecular flexibility index (Phi) is 3.87. The van der Waals surface area contributed by atoms with Crippen LogP contribution in [0.4, 0.5) is 0 Å². The molecule has 0 bridgehead atoms. The lowest BCUT2D eigenvalue weighted by Gasteiger charge is -2.05. The van der Waals surface area contributed by atoms with E-state index in [0.717, 1.165) is 23.2 Å². The second kappa shape index (κ2) is 5.40. The van der Waals surface area contributed by atoms with Crippen molar-refractivity contribution in [1.29, 1.82) is 0 Å². The number of rotatable bonds is 4. The van der Waals surface area contributed by atoms with Crippen LogP contribution in [0.2, 0.25) is 0 Å². The molecule has 0 aliphatic carbocycles. The fraction of sp³-hybridized carbons (Fsp3) is 0.357. The summed E-state index contributed by atoms with van der Waals surface area (Å²) in [6.07, 6.45) is 1.19. The smallest absolute Gasteiger partial charge is 0.180 e. The number of carbonyl (C=O) groups excluding carboxylic acids is 1. The third-order valence-corrected chi connectivity index (χ3v) is 3.81. The Morgan fingerprint density at radius 2 is 2.11 bits per heavy atom. The molecule has 94 valence electrons. The molecule has 1 heterocycles. The third kappa shape index (κ3) is 2.64. The van der Waals surface area contributed by atoms with Crippen molar-refractivity contribution < 1.29 is 4.79 Å². The minimum atomic E-state index is 0.121. The number of carbonyl (C=O) groups is 1. The first kappa shape index (κ1) is 12.9. The Morgan fingerprint density at radius 1 is 1.33 bits per heavy atom. The van der Waals surface area contributed by atoms with Gasteiger partial charge in [0.05, 0.1) is 5.69 Å². The molecular weight excluding hydrogens is 244 g/mol. The highest BCUT2D eigenvalue weighted by Gasteiger charge is 2.16. The highest BCUT2D eigenvalue weighted by molar-refractivity contribution is 7.08. The number of aryl methyl sites for hydroxylation is 3. The molecule has 0 spiro atoms. The summed E-state index contributed by atoms with van der Waals surface area (Å²) in [5, 5.41) is 3.99. The summed E-state index contributed by atoms with van der Waals surface area (Å²) >= 11 is 1.20. The maximum atomic E-state index is 12.2. The molecule has 0 atom stereocenters. The number of hydrogen-bond donors (Lipinski definition) is 0. The summed E-state index contributed by atoms with van der Waals surface area (Å²) in [6, 6.07) is 6.20. The molecule has 2 rings (SSSR count). The molecular formula is C14H16N2OS. The van der Waals surface area contributed by atoms with E-state index >= 15 is 0 Å². The normalized spacial score (nSPS) is 10.6. The van der Waals surface area contributed by atoms with E-state index in [-0.39, 0.29) is 5.78 Å². The van der Waals surface area contributed by atoms with Crippen LogP contribution in [0.15, 0.2) is 18.2 Å². The molecule has 18 heavy (non-hydrogen) atoms. The topological polar surface area (TPSA) is 42.9 Å². The zero-order valence-electron chi connectivity index (χ0n) is 10.9. The quantitative estimate of drug-likeness (QED) is 0.793. The molecule has 1 aromatic carbocycles. The Labute approximate surface area is 111 Å². The fourth-order valence-corrected chi connectivity index (χ4v) is 2.58. The second-order valence-electron chi connectivity index (χ2n) is 4.43. The van der Waals surface area contributed by atoms with Crippen molar-refractivity contribution in [3.8, 4) is 0 Å². The lowest BCUT2D eigenvalue weighted by atomic mass is 10.00. The molecule has 0 aliphatic rings. The van der Waals surface area contributed by atoms with Crippen LogP contribution in [0.1, 0.15) is 39.0 Å².